The van der Waals surface area contributed by atoms with Gasteiger partial charge in [-0.3, -0.25) is 9.97 Å². The van der Waals surface area contributed by atoms with Crippen molar-refractivity contribution in [1.82, 2.24) is 14.5 Å². The van der Waals surface area contributed by atoms with Gasteiger partial charge in [0.2, 0.25) is 0 Å². The molecule has 0 spiro atoms. The van der Waals surface area contributed by atoms with Crippen LogP contribution in [0.25, 0.3) is 11.0 Å². The normalized spacial score (nSPS) is 10.9. The Labute approximate surface area is 149 Å². The zero-order chi connectivity index (χ0) is 16.4. The van der Waals surface area contributed by atoms with E-state index in [0.29, 0.717) is 12.5 Å². The molecule has 0 aliphatic heterocycles. The molecule has 3 aromatic heterocycles. The molecule has 3 heterocycles. The molecule has 0 aliphatic rings. The molecule has 3 rings (SSSR count). The molecule has 0 N–H and O–H groups in total. The van der Waals surface area contributed by atoms with Crippen molar-refractivity contribution in [3.05, 3.63) is 53.6 Å². The molecule has 0 aliphatic carbocycles. The van der Waals surface area contributed by atoms with Gasteiger partial charge in [0.15, 0.2) is 0 Å². The molecule has 0 amide bonds. The summed E-state index contributed by atoms with van der Waals surface area (Å²) in [4.78, 5) is 8.71. The van der Waals surface area contributed by atoms with Crippen LogP contribution in [0.5, 0.6) is 5.75 Å². The number of hydrogen-bond acceptors (Lipinski definition) is 3. The maximum atomic E-state index is 6.10. The minimum Gasteiger partial charge on any atom is -0.487 e. The third kappa shape index (κ3) is 3.54. The first-order chi connectivity index (χ1) is 11.1. The lowest BCUT2D eigenvalue weighted by atomic mass is 10.2. The summed E-state index contributed by atoms with van der Waals surface area (Å²) in [6.07, 6.45) is 5.43. The molecule has 0 atom stereocenters. The molecule has 24 heavy (non-hydrogen) atoms. The highest BCUT2D eigenvalue weighted by Crippen LogP contribution is 2.31. The van der Waals surface area contributed by atoms with E-state index in [0.717, 1.165) is 28.9 Å². The number of aromatic nitrogens is 3. The van der Waals surface area contributed by atoms with Crippen LogP contribution in [-0.2, 0) is 13.2 Å². The van der Waals surface area contributed by atoms with E-state index in [1.54, 1.807) is 6.20 Å². The maximum absolute atomic E-state index is 6.10. The fourth-order valence-electron chi connectivity index (χ4n) is 2.87. The van der Waals surface area contributed by atoms with Crippen molar-refractivity contribution in [3.63, 3.8) is 0 Å². The number of ether oxygens (including phenoxy) is 1. The molecule has 0 fully saturated rings. The lowest BCUT2D eigenvalue weighted by Crippen LogP contribution is -2.07. The van der Waals surface area contributed by atoms with Gasteiger partial charge in [0.25, 0.3) is 0 Å². The van der Waals surface area contributed by atoms with Gasteiger partial charge in [-0.25, -0.2) is 0 Å². The van der Waals surface area contributed by atoms with E-state index in [4.69, 9.17) is 4.74 Å². The van der Waals surface area contributed by atoms with Crippen molar-refractivity contribution in [3.8, 4) is 5.75 Å². The maximum Gasteiger partial charge on any atom is 0.147 e. The molecule has 0 bridgehead atoms. The number of aryl methyl sites for hydroxylation is 1. The third-order valence-electron chi connectivity index (χ3n) is 4.12. The zero-order valence-corrected chi connectivity index (χ0v) is 15.4. The second-order valence-electron chi connectivity index (χ2n) is 6.37. The summed E-state index contributed by atoms with van der Waals surface area (Å²) in [6.45, 7) is 10.2. The number of hydrogen-bond donors (Lipinski definition) is 0. The quantitative estimate of drug-likeness (QED) is 0.672. The van der Waals surface area contributed by atoms with E-state index in [1.165, 1.54) is 11.3 Å². The monoisotopic (exact) mass is 345 g/mol. The minimum atomic E-state index is 0. The highest BCUT2D eigenvalue weighted by Gasteiger charge is 2.17. The Morgan fingerprint density at radius 2 is 1.96 bits per heavy atom. The van der Waals surface area contributed by atoms with Gasteiger partial charge in [-0.05, 0) is 31.4 Å². The number of rotatable bonds is 5. The smallest absolute Gasteiger partial charge is 0.147 e. The van der Waals surface area contributed by atoms with Gasteiger partial charge in [0.05, 0.1) is 5.52 Å². The number of halogens is 1. The summed E-state index contributed by atoms with van der Waals surface area (Å²) in [5.74, 6) is 1.45. The van der Waals surface area contributed by atoms with Crippen molar-refractivity contribution in [2.75, 3.05) is 0 Å². The number of nitrogens with zero attached hydrogens (tertiary/aromatic N) is 3. The standard InChI is InChI=1S/C19H23N3O.ClH/c1-13(2)11-22-15(4)14(3)18-19(22)17(7-9-21-18)23-12-16-6-5-8-20-10-16;/h5-10,13H,11-12H2,1-4H3;1H. The summed E-state index contributed by atoms with van der Waals surface area (Å²) < 4.78 is 8.43. The van der Waals surface area contributed by atoms with Crippen molar-refractivity contribution in [2.45, 2.75) is 40.8 Å². The largest absolute Gasteiger partial charge is 0.487 e. The SMILES string of the molecule is Cc1c(C)n(CC(C)C)c2c(OCc3cccnc3)ccnc12.Cl. The molecule has 0 aromatic carbocycles. The van der Waals surface area contributed by atoms with E-state index in [9.17, 15) is 0 Å². The lowest BCUT2D eigenvalue weighted by molar-refractivity contribution is 0.307. The van der Waals surface area contributed by atoms with Crippen LogP contribution >= 0.6 is 12.4 Å². The average molecular weight is 346 g/mol. The lowest BCUT2D eigenvalue weighted by Gasteiger charge is -2.14. The van der Waals surface area contributed by atoms with Gasteiger partial charge >= 0.3 is 0 Å². The van der Waals surface area contributed by atoms with Crippen LogP contribution in [0.4, 0.5) is 0 Å². The van der Waals surface area contributed by atoms with Crippen LogP contribution < -0.4 is 4.74 Å². The molecule has 0 radical (unpaired) electrons. The van der Waals surface area contributed by atoms with Gasteiger partial charge in [-0.1, -0.05) is 19.9 Å². The van der Waals surface area contributed by atoms with Crippen LogP contribution in [0, 0.1) is 19.8 Å². The van der Waals surface area contributed by atoms with Crippen LogP contribution in [0.2, 0.25) is 0 Å². The average Bonchev–Trinajstić information content (AvgIpc) is 2.79. The van der Waals surface area contributed by atoms with Gasteiger partial charge in [-0.2, -0.15) is 0 Å². The number of fused-ring (bicyclic) bond motifs is 1. The Hall–Kier alpha value is -2.07. The molecular weight excluding hydrogens is 322 g/mol. The Bertz CT molecular complexity index is 812. The Morgan fingerprint density at radius 1 is 1.17 bits per heavy atom. The van der Waals surface area contributed by atoms with Gasteiger partial charge in [0.1, 0.15) is 17.9 Å². The van der Waals surface area contributed by atoms with E-state index < -0.39 is 0 Å². The minimum absolute atomic E-state index is 0. The molecule has 0 saturated carbocycles. The van der Waals surface area contributed by atoms with Crippen molar-refractivity contribution in [2.24, 2.45) is 5.92 Å². The molecular formula is C19H24ClN3O. The van der Waals surface area contributed by atoms with Gasteiger partial charge in [-0.15, -0.1) is 12.4 Å². The van der Waals surface area contributed by atoms with Crippen LogP contribution in [0.3, 0.4) is 0 Å². The Kier molecular flexibility index (Phi) is 5.84. The first-order valence-corrected chi connectivity index (χ1v) is 8.04. The molecule has 3 aromatic rings. The Morgan fingerprint density at radius 3 is 2.62 bits per heavy atom. The molecule has 0 unspecified atom stereocenters. The van der Waals surface area contributed by atoms with Crippen LogP contribution in [0.15, 0.2) is 36.8 Å². The third-order valence-corrected chi connectivity index (χ3v) is 4.12. The molecule has 4 nitrogen and oxygen atoms in total. The molecule has 0 saturated heterocycles. The van der Waals surface area contributed by atoms with E-state index >= 15 is 0 Å². The van der Waals surface area contributed by atoms with E-state index in [1.807, 2.05) is 30.6 Å². The second-order valence-corrected chi connectivity index (χ2v) is 6.37. The van der Waals surface area contributed by atoms with E-state index in [-0.39, 0.29) is 12.4 Å². The molecule has 128 valence electrons. The molecule has 5 heteroatoms. The Balaban J connectivity index is 0.00000208. The second kappa shape index (κ2) is 7.67. The van der Waals surface area contributed by atoms with Crippen molar-refractivity contribution in [1.29, 1.82) is 0 Å². The van der Waals surface area contributed by atoms with Gasteiger partial charge < -0.3 is 9.30 Å². The van der Waals surface area contributed by atoms with Crippen LogP contribution in [0.1, 0.15) is 30.7 Å². The number of pyridine rings is 2. The zero-order valence-electron chi connectivity index (χ0n) is 14.6. The highest BCUT2D eigenvalue weighted by molar-refractivity contribution is 5.86. The van der Waals surface area contributed by atoms with Crippen molar-refractivity contribution >= 4 is 23.4 Å². The van der Waals surface area contributed by atoms with E-state index in [2.05, 4.69) is 42.2 Å². The van der Waals surface area contributed by atoms with Crippen molar-refractivity contribution < 1.29 is 4.74 Å². The first kappa shape index (κ1) is 18.3. The summed E-state index contributed by atoms with van der Waals surface area (Å²) in [5, 5.41) is 0. The van der Waals surface area contributed by atoms with Gasteiger partial charge in [0, 0.05) is 42.5 Å². The topological polar surface area (TPSA) is 39.9 Å². The summed E-state index contributed by atoms with van der Waals surface area (Å²) in [7, 11) is 0. The summed E-state index contributed by atoms with van der Waals surface area (Å²) in [6, 6.07) is 5.90. The highest BCUT2D eigenvalue weighted by atomic mass is 35.5. The fraction of sp³-hybridized carbons (Fsp3) is 0.368. The summed E-state index contributed by atoms with van der Waals surface area (Å²) >= 11 is 0. The van der Waals surface area contributed by atoms with Crippen LogP contribution in [-0.4, -0.2) is 14.5 Å². The summed E-state index contributed by atoms with van der Waals surface area (Å²) in [5.41, 5.74) is 5.69. The predicted octanol–water partition coefficient (Wildman–Crippen LogP) is 4.70. The predicted molar refractivity (Wildman–Crippen MR) is 99.9 cm³/mol. The fourth-order valence-corrected chi connectivity index (χ4v) is 2.87. The first-order valence-electron chi connectivity index (χ1n) is 8.04.